The first-order valence-corrected chi connectivity index (χ1v) is 5.51. The summed E-state index contributed by atoms with van der Waals surface area (Å²) in [7, 11) is 1.46. The molecule has 0 spiro atoms. The molecule has 1 aromatic rings. The molecule has 0 aliphatic rings. The lowest BCUT2D eigenvalue weighted by atomic mass is 9.95. The van der Waals surface area contributed by atoms with Crippen LogP contribution in [0.25, 0.3) is 0 Å². The fourth-order valence-corrected chi connectivity index (χ4v) is 1.72. The van der Waals surface area contributed by atoms with E-state index in [0.29, 0.717) is 5.92 Å². The van der Waals surface area contributed by atoms with Crippen LogP contribution in [0.5, 0.6) is 0 Å². The van der Waals surface area contributed by atoms with Crippen molar-refractivity contribution in [2.75, 3.05) is 7.05 Å². The van der Waals surface area contributed by atoms with E-state index < -0.39 is 11.7 Å². The Bertz CT molecular complexity index is 375. The molecule has 0 bridgehead atoms. The molecule has 0 atom stereocenters. The summed E-state index contributed by atoms with van der Waals surface area (Å²) in [6.07, 6.45) is 3.47. The number of hydrogen-bond donors (Lipinski definition) is 1. The van der Waals surface area contributed by atoms with E-state index in [-0.39, 0.29) is 5.69 Å². The van der Waals surface area contributed by atoms with Crippen molar-refractivity contribution in [2.24, 2.45) is 0 Å². The van der Waals surface area contributed by atoms with Crippen LogP contribution in [0.1, 0.15) is 48.7 Å². The average Bonchev–Trinajstić information content (AvgIpc) is 2.30. The highest BCUT2D eigenvalue weighted by Crippen LogP contribution is 2.23. The van der Waals surface area contributed by atoms with Gasteiger partial charge in [0, 0.05) is 13.2 Å². The molecule has 1 aromatic heterocycles. The van der Waals surface area contributed by atoms with Crippen LogP contribution in [-0.4, -0.2) is 17.9 Å². The predicted molar refractivity (Wildman–Crippen MR) is 60.9 cm³/mol. The van der Waals surface area contributed by atoms with Crippen LogP contribution in [0.4, 0.5) is 4.39 Å². The SMILES string of the molecule is CCC(CC)c1cnc(C(=O)NC)c(F)c1. The Kier molecular flexibility index (Phi) is 4.40. The Morgan fingerprint density at radius 2 is 2.12 bits per heavy atom. The molecule has 0 aromatic carbocycles. The van der Waals surface area contributed by atoms with Gasteiger partial charge in [-0.1, -0.05) is 13.8 Å². The highest BCUT2D eigenvalue weighted by molar-refractivity contribution is 5.92. The monoisotopic (exact) mass is 224 g/mol. The van der Waals surface area contributed by atoms with E-state index in [1.54, 1.807) is 6.20 Å². The number of rotatable bonds is 4. The van der Waals surface area contributed by atoms with E-state index in [9.17, 15) is 9.18 Å². The minimum Gasteiger partial charge on any atom is -0.354 e. The van der Waals surface area contributed by atoms with Crippen LogP contribution < -0.4 is 5.32 Å². The molecule has 3 nitrogen and oxygen atoms in total. The van der Waals surface area contributed by atoms with Gasteiger partial charge in [0.15, 0.2) is 11.5 Å². The molecule has 1 rings (SSSR count). The van der Waals surface area contributed by atoms with Crippen molar-refractivity contribution in [3.05, 3.63) is 29.3 Å². The molecule has 0 saturated carbocycles. The van der Waals surface area contributed by atoms with Crippen LogP contribution in [0.3, 0.4) is 0 Å². The summed E-state index contributed by atoms with van der Waals surface area (Å²) >= 11 is 0. The molecule has 0 fully saturated rings. The van der Waals surface area contributed by atoms with E-state index in [0.717, 1.165) is 18.4 Å². The number of pyridine rings is 1. The number of aromatic nitrogens is 1. The van der Waals surface area contributed by atoms with Crippen molar-refractivity contribution in [1.82, 2.24) is 10.3 Å². The second kappa shape index (κ2) is 5.58. The Morgan fingerprint density at radius 1 is 1.50 bits per heavy atom. The molecule has 0 saturated heterocycles. The predicted octanol–water partition coefficient (Wildman–Crippen LogP) is 2.48. The summed E-state index contributed by atoms with van der Waals surface area (Å²) in [5, 5.41) is 2.36. The van der Waals surface area contributed by atoms with Crippen molar-refractivity contribution >= 4 is 5.91 Å². The topological polar surface area (TPSA) is 42.0 Å². The quantitative estimate of drug-likeness (QED) is 0.853. The van der Waals surface area contributed by atoms with Crippen LogP contribution >= 0.6 is 0 Å². The molecule has 1 N–H and O–H groups in total. The van der Waals surface area contributed by atoms with E-state index in [1.807, 2.05) is 0 Å². The molecule has 0 aliphatic carbocycles. The third kappa shape index (κ3) is 2.56. The fraction of sp³-hybridized carbons (Fsp3) is 0.500. The van der Waals surface area contributed by atoms with E-state index in [1.165, 1.54) is 13.1 Å². The number of amides is 1. The number of carbonyl (C=O) groups is 1. The van der Waals surface area contributed by atoms with Gasteiger partial charge in [-0.15, -0.1) is 0 Å². The van der Waals surface area contributed by atoms with Gasteiger partial charge in [0.25, 0.3) is 5.91 Å². The summed E-state index contributed by atoms with van der Waals surface area (Å²) in [5.74, 6) is -0.738. The van der Waals surface area contributed by atoms with Crippen molar-refractivity contribution < 1.29 is 9.18 Å². The first kappa shape index (κ1) is 12.6. The lowest BCUT2D eigenvalue weighted by Crippen LogP contribution is -2.21. The molecule has 16 heavy (non-hydrogen) atoms. The Morgan fingerprint density at radius 3 is 2.56 bits per heavy atom. The maximum atomic E-state index is 13.6. The molecule has 0 unspecified atom stereocenters. The second-order valence-corrected chi connectivity index (χ2v) is 3.69. The van der Waals surface area contributed by atoms with Gasteiger partial charge in [0.1, 0.15) is 0 Å². The summed E-state index contributed by atoms with van der Waals surface area (Å²) < 4.78 is 13.6. The second-order valence-electron chi connectivity index (χ2n) is 3.69. The fourth-order valence-electron chi connectivity index (χ4n) is 1.72. The zero-order chi connectivity index (χ0) is 12.1. The molecular formula is C12H17FN2O. The standard InChI is InChI=1S/C12H17FN2O/c1-4-8(5-2)9-6-10(13)11(15-7-9)12(16)14-3/h6-8H,4-5H2,1-3H3,(H,14,16). The Hall–Kier alpha value is -1.45. The summed E-state index contributed by atoms with van der Waals surface area (Å²) in [6.45, 7) is 4.11. The van der Waals surface area contributed by atoms with E-state index in [4.69, 9.17) is 0 Å². The molecular weight excluding hydrogens is 207 g/mol. The van der Waals surface area contributed by atoms with Gasteiger partial charge in [-0.3, -0.25) is 4.79 Å². The van der Waals surface area contributed by atoms with E-state index >= 15 is 0 Å². The maximum Gasteiger partial charge on any atom is 0.272 e. The van der Waals surface area contributed by atoms with Gasteiger partial charge >= 0.3 is 0 Å². The zero-order valence-corrected chi connectivity index (χ0v) is 9.88. The van der Waals surface area contributed by atoms with Crippen molar-refractivity contribution in [2.45, 2.75) is 32.6 Å². The van der Waals surface area contributed by atoms with Crippen LogP contribution in [0.2, 0.25) is 0 Å². The van der Waals surface area contributed by atoms with Crippen molar-refractivity contribution in [3.8, 4) is 0 Å². The van der Waals surface area contributed by atoms with Gasteiger partial charge in [-0.25, -0.2) is 9.37 Å². The Balaban J connectivity index is 3.03. The number of nitrogens with zero attached hydrogens (tertiary/aromatic N) is 1. The summed E-state index contributed by atoms with van der Waals surface area (Å²) in [5.41, 5.74) is 0.715. The number of carbonyl (C=O) groups excluding carboxylic acids is 1. The van der Waals surface area contributed by atoms with Crippen LogP contribution in [-0.2, 0) is 0 Å². The van der Waals surface area contributed by atoms with Gasteiger partial charge in [-0.05, 0) is 30.4 Å². The van der Waals surface area contributed by atoms with E-state index in [2.05, 4.69) is 24.1 Å². The lowest BCUT2D eigenvalue weighted by molar-refractivity contribution is 0.0953. The summed E-state index contributed by atoms with van der Waals surface area (Å²) in [4.78, 5) is 15.1. The van der Waals surface area contributed by atoms with Gasteiger partial charge < -0.3 is 5.32 Å². The summed E-state index contributed by atoms with van der Waals surface area (Å²) in [6, 6.07) is 1.41. The third-order valence-electron chi connectivity index (χ3n) is 2.76. The van der Waals surface area contributed by atoms with Gasteiger partial charge in [-0.2, -0.15) is 0 Å². The smallest absolute Gasteiger partial charge is 0.272 e. The molecule has 0 radical (unpaired) electrons. The Labute approximate surface area is 95.1 Å². The van der Waals surface area contributed by atoms with Crippen LogP contribution in [0, 0.1) is 5.82 Å². The first-order chi connectivity index (χ1) is 7.63. The molecule has 1 heterocycles. The minimum absolute atomic E-state index is 0.141. The number of nitrogens with one attached hydrogen (secondary N) is 1. The van der Waals surface area contributed by atoms with Gasteiger partial charge in [0.05, 0.1) is 0 Å². The number of halogens is 1. The highest BCUT2D eigenvalue weighted by atomic mass is 19.1. The first-order valence-electron chi connectivity index (χ1n) is 5.51. The molecule has 4 heteroatoms. The van der Waals surface area contributed by atoms with Crippen molar-refractivity contribution in [3.63, 3.8) is 0 Å². The third-order valence-corrected chi connectivity index (χ3v) is 2.76. The van der Waals surface area contributed by atoms with Crippen LogP contribution in [0.15, 0.2) is 12.3 Å². The molecule has 1 amide bonds. The minimum atomic E-state index is -0.552. The number of hydrogen-bond acceptors (Lipinski definition) is 2. The normalized spacial score (nSPS) is 10.6. The van der Waals surface area contributed by atoms with Gasteiger partial charge in [0.2, 0.25) is 0 Å². The average molecular weight is 224 g/mol. The largest absolute Gasteiger partial charge is 0.354 e. The highest BCUT2D eigenvalue weighted by Gasteiger charge is 2.15. The lowest BCUT2D eigenvalue weighted by Gasteiger charge is -2.12. The molecule has 88 valence electrons. The maximum absolute atomic E-state index is 13.6. The zero-order valence-electron chi connectivity index (χ0n) is 9.88. The van der Waals surface area contributed by atoms with Crippen molar-refractivity contribution in [1.29, 1.82) is 0 Å². The molecule has 0 aliphatic heterocycles.